The van der Waals surface area contributed by atoms with Crippen LogP contribution in [0.15, 0.2) is 72.8 Å². The summed E-state index contributed by atoms with van der Waals surface area (Å²) < 4.78 is 2.18. The summed E-state index contributed by atoms with van der Waals surface area (Å²) in [6, 6.07) is 23.8. The lowest BCUT2D eigenvalue weighted by atomic mass is 10.2. The van der Waals surface area contributed by atoms with Crippen LogP contribution < -0.4 is 0 Å². The highest BCUT2D eigenvalue weighted by Gasteiger charge is 2.10. The van der Waals surface area contributed by atoms with Gasteiger partial charge in [-0.15, -0.1) is 0 Å². The number of fused-ring (bicyclic) bond motifs is 1. The molecule has 0 saturated carbocycles. The number of para-hydroxylation sites is 2. The van der Waals surface area contributed by atoms with Crippen LogP contribution >= 0.6 is 23.2 Å². The normalized spacial score (nSPS) is 11.5. The SMILES string of the molecule is Clc1ccc(/C=C/c2nc3ccccc3n2Cc2ccccc2Cl)cc1. The monoisotopic (exact) mass is 378 g/mol. The number of benzene rings is 3. The van der Waals surface area contributed by atoms with E-state index in [0.717, 1.165) is 38.0 Å². The van der Waals surface area contributed by atoms with Crippen molar-refractivity contribution >= 4 is 46.4 Å². The van der Waals surface area contributed by atoms with Gasteiger partial charge >= 0.3 is 0 Å². The molecule has 0 aliphatic rings. The van der Waals surface area contributed by atoms with Crippen molar-refractivity contribution in [2.75, 3.05) is 0 Å². The Bertz CT molecular complexity index is 1080. The highest BCUT2D eigenvalue weighted by Crippen LogP contribution is 2.23. The fourth-order valence-electron chi connectivity index (χ4n) is 2.93. The Morgan fingerprint density at radius 1 is 0.808 bits per heavy atom. The maximum atomic E-state index is 6.37. The first-order chi connectivity index (χ1) is 12.7. The van der Waals surface area contributed by atoms with Gasteiger partial charge in [0, 0.05) is 10.0 Å². The smallest absolute Gasteiger partial charge is 0.134 e. The predicted octanol–water partition coefficient (Wildman–Crippen LogP) is 6.56. The molecule has 3 aromatic carbocycles. The fourth-order valence-corrected chi connectivity index (χ4v) is 3.25. The lowest BCUT2D eigenvalue weighted by molar-refractivity contribution is 0.814. The molecule has 0 bridgehead atoms. The first-order valence-electron chi connectivity index (χ1n) is 8.33. The van der Waals surface area contributed by atoms with Crippen LogP contribution in [0.5, 0.6) is 0 Å². The fraction of sp³-hybridized carbons (Fsp3) is 0.0455. The molecular formula is C22H16Cl2N2. The molecule has 4 rings (SSSR count). The average Bonchev–Trinajstić information content (AvgIpc) is 3.01. The van der Waals surface area contributed by atoms with Crippen molar-refractivity contribution in [1.29, 1.82) is 0 Å². The number of hydrogen-bond acceptors (Lipinski definition) is 1. The third-order valence-electron chi connectivity index (χ3n) is 4.27. The third-order valence-corrected chi connectivity index (χ3v) is 4.89. The maximum Gasteiger partial charge on any atom is 0.134 e. The lowest BCUT2D eigenvalue weighted by Gasteiger charge is -2.09. The highest BCUT2D eigenvalue weighted by molar-refractivity contribution is 6.31. The molecule has 0 radical (unpaired) electrons. The van der Waals surface area contributed by atoms with Crippen LogP contribution in [0.3, 0.4) is 0 Å². The van der Waals surface area contributed by atoms with E-state index < -0.39 is 0 Å². The van der Waals surface area contributed by atoms with Crippen molar-refractivity contribution in [3.8, 4) is 0 Å². The van der Waals surface area contributed by atoms with Gasteiger partial charge in [-0.1, -0.05) is 71.7 Å². The van der Waals surface area contributed by atoms with E-state index in [0.29, 0.717) is 6.54 Å². The van der Waals surface area contributed by atoms with Crippen molar-refractivity contribution in [2.45, 2.75) is 6.54 Å². The molecule has 4 heteroatoms. The summed E-state index contributed by atoms with van der Waals surface area (Å²) in [6.45, 7) is 0.667. The van der Waals surface area contributed by atoms with Crippen molar-refractivity contribution in [2.24, 2.45) is 0 Å². The summed E-state index contributed by atoms with van der Waals surface area (Å²) in [5, 5.41) is 1.49. The molecule has 1 heterocycles. The first kappa shape index (κ1) is 16.9. The van der Waals surface area contributed by atoms with Crippen LogP contribution in [0.2, 0.25) is 10.0 Å². The molecule has 0 atom stereocenters. The molecule has 26 heavy (non-hydrogen) atoms. The Morgan fingerprint density at radius 2 is 1.54 bits per heavy atom. The van der Waals surface area contributed by atoms with Gasteiger partial charge in [-0.3, -0.25) is 0 Å². The molecule has 4 aromatic rings. The second-order valence-corrected chi connectivity index (χ2v) is 6.86. The van der Waals surface area contributed by atoms with Gasteiger partial charge < -0.3 is 4.57 Å². The van der Waals surface area contributed by atoms with E-state index in [1.165, 1.54) is 0 Å². The van der Waals surface area contributed by atoms with Gasteiger partial charge in [-0.05, 0) is 47.5 Å². The topological polar surface area (TPSA) is 17.8 Å². The maximum absolute atomic E-state index is 6.37. The minimum atomic E-state index is 0.667. The van der Waals surface area contributed by atoms with Crippen LogP contribution in [0.1, 0.15) is 17.0 Å². The summed E-state index contributed by atoms with van der Waals surface area (Å²) in [4.78, 5) is 4.78. The molecule has 0 aliphatic carbocycles. The zero-order valence-corrected chi connectivity index (χ0v) is 15.5. The van der Waals surface area contributed by atoms with Gasteiger partial charge in [0.15, 0.2) is 0 Å². The number of imidazole rings is 1. The van der Waals surface area contributed by atoms with E-state index in [1.54, 1.807) is 0 Å². The molecular weight excluding hydrogens is 363 g/mol. The van der Waals surface area contributed by atoms with Crippen molar-refractivity contribution in [1.82, 2.24) is 9.55 Å². The van der Waals surface area contributed by atoms with Crippen LogP contribution in [-0.4, -0.2) is 9.55 Å². The molecule has 0 N–H and O–H groups in total. The van der Waals surface area contributed by atoms with Crippen LogP contribution in [-0.2, 0) is 6.54 Å². The predicted molar refractivity (Wildman–Crippen MR) is 111 cm³/mol. The lowest BCUT2D eigenvalue weighted by Crippen LogP contribution is -2.02. The Balaban J connectivity index is 1.76. The summed E-state index contributed by atoms with van der Waals surface area (Å²) in [5.41, 5.74) is 4.20. The van der Waals surface area contributed by atoms with Crippen LogP contribution in [0.25, 0.3) is 23.2 Å². The van der Waals surface area contributed by atoms with E-state index in [-0.39, 0.29) is 0 Å². The van der Waals surface area contributed by atoms with Gasteiger partial charge in [0.2, 0.25) is 0 Å². The number of aromatic nitrogens is 2. The Morgan fingerprint density at radius 3 is 2.35 bits per heavy atom. The Labute approximate surface area is 162 Å². The minimum absolute atomic E-state index is 0.667. The second kappa shape index (κ2) is 7.36. The molecule has 0 fully saturated rings. The molecule has 1 aromatic heterocycles. The summed E-state index contributed by atoms with van der Waals surface area (Å²) in [7, 11) is 0. The quantitative estimate of drug-likeness (QED) is 0.393. The molecule has 0 saturated heterocycles. The largest absolute Gasteiger partial charge is 0.320 e. The second-order valence-electron chi connectivity index (χ2n) is 6.02. The summed E-state index contributed by atoms with van der Waals surface area (Å²) in [6.07, 6.45) is 4.07. The molecule has 2 nitrogen and oxygen atoms in total. The summed E-state index contributed by atoms with van der Waals surface area (Å²) >= 11 is 12.3. The van der Waals surface area contributed by atoms with E-state index in [9.17, 15) is 0 Å². The Hall–Kier alpha value is -2.55. The van der Waals surface area contributed by atoms with Gasteiger partial charge in [0.1, 0.15) is 5.82 Å². The zero-order chi connectivity index (χ0) is 17.9. The minimum Gasteiger partial charge on any atom is -0.320 e. The van der Waals surface area contributed by atoms with Gasteiger partial charge in [0.05, 0.1) is 17.6 Å². The Kier molecular flexibility index (Phi) is 4.79. The molecule has 0 aliphatic heterocycles. The average molecular weight is 379 g/mol. The van der Waals surface area contributed by atoms with Crippen molar-refractivity contribution < 1.29 is 0 Å². The van der Waals surface area contributed by atoms with Crippen LogP contribution in [0, 0.1) is 0 Å². The molecule has 0 amide bonds. The van der Waals surface area contributed by atoms with Crippen molar-refractivity contribution in [3.63, 3.8) is 0 Å². The van der Waals surface area contributed by atoms with E-state index in [4.69, 9.17) is 28.2 Å². The summed E-state index contributed by atoms with van der Waals surface area (Å²) in [5.74, 6) is 0.890. The highest BCUT2D eigenvalue weighted by atomic mass is 35.5. The number of hydrogen-bond donors (Lipinski definition) is 0. The molecule has 0 unspecified atom stereocenters. The zero-order valence-electron chi connectivity index (χ0n) is 13.9. The molecule has 0 spiro atoms. The van der Waals surface area contributed by atoms with Crippen molar-refractivity contribution in [3.05, 3.63) is 99.8 Å². The van der Waals surface area contributed by atoms with E-state index in [2.05, 4.69) is 10.6 Å². The molecule has 128 valence electrons. The van der Waals surface area contributed by atoms with Crippen LogP contribution in [0.4, 0.5) is 0 Å². The third kappa shape index (κ3) is 3.52. The van der Waals surface area contributed by atoms with Gasteiger partial charge in [0.25, 0.3) is 0 Å². The number of nitrogens with zero attached hydrogens (tertiary/aromatic N) is 2. The standard InChI is InChI=1S/C22H16Cl2N2/c23-18-12-9-16(10-13-18)11-14-22-25-20-7-3-4-8-21(20)26(22)15-17-5-1-2-6-19(17)24/h1-14H,15H2/b14-11+. The number of rotatable bonds is 4. The first-order valence-corrected chi connectivity index (χ1v) is 9.08. The van der Waals surface area contributed by atoms with E-state index in [1.807, 2.05) is 78.9 Å². The van der Waals surface area contributed by atoms with Gasteiger partial charge in [-0.2, -0.15) is 0 Å². The number of halogens is 2. The van der Waals surface area contributed by atoms with E-state index >= 15 is 0 Å². The van der Waals surface area contributed by atoms with Gasteiger partial charge in [-0.25, -0.2) is 4.98 Å².